The molecule has 2 heterocycles. The monoisotopic (exact) mass is 239 g/mol. The van der Waals surface area contributed by atoms with E-state index in [9.17, 15) is 4.79 Å². The van der Waals surface area contributed by atoms with Crippen LogP contribution in [-0.4, -0.2) is 42.0 Å². The Morgan fingerprint density at radius 2 is 2.00 bits per heavy atom. The number of hydrogen-bond donors (Lipinski definition) is 2. The van der Waals surface area contributed by atoms with Crippen molar-refractivity contribution >= 4 is 5.91 Å². The number of nitrogens with one attached hydrogen (secondary N) is 1. The number of rotatable bonds is 5. The van der Waals surface area contributed by atoms with Crippen LogP contribution in [0.3, 0.4) is 0 Å². The Hall–Kier alpha value is -0.610. The number of amides is 1. The summed E-state index contributed by atoms with van der Waals surface area (Å²) in [6.45, 7) is 3.77. The summed E-state index contributed by atoms with van der Waals surface area (Å²) in [5.41, 5.74) is 5.35. The van der Waals surface area contributed by atoms with Gasteiger partial charge in [-0.05, 0) is 38.6 Å². The zero-order chi connectivity index (χ0) is 12.3. The van der Waals surface area contributed by atoms with Gasteiger partial charge >= 0.3 is 0 Å². The second-order valence-corrected chi connectivity index (χ2v) is 5.50. The Kier molecular flexibility index (Phi) is 4.40. The number of nitrogens with two attached hydrogens (primary N) is 1. The molecule has 0 saturated carbocycles. The standard InChI is InChI=1S/C13H25N3O/c1-2-6-15-10-7-11-4-3-5-12(8-10)16(11)9-13(14)17/h10-12,15H,2-9H2,1H3,(H2,14,17). The molecule has 0 radical (unpaired) electrons. The van der Waals surface area contributed by atoms with Crippen LogP contribution in [0.15, 0.2) is 0 Å². The fourth-order valence-electron chi connectivity index (χ4n) is 3.43. The van der Waals surface area contributed by atoms with Gasteiger partial charge in [-0.2, -0.15) is 0 Å². The van der Waals surface area contributed by atoms with Crippen molar-refractivity contribution in [2.75, 3.05) is 13.1 Å². The van der Waals surface area contributed by atoms with E-state index in [0.29, 0.717) is 24.7 Å². The first kappa shape index (κ1) is 12.8. The highest BCUT2D eigenvalue weighted by molar-refractivity contribution is 5.76. The fraction of sp³-hybridized carbons (Fsp3) is 0.923. The van der Waals surface area contributed by atoms with Crippen molar-refractivity contribution in [1.29, 1.82) is 0 Å². The van der Waals surface area contributed by atoms with Gasteiger partial charge in [-0.25, -0.2) is 0 Å². The van der Waals surface area contributed by atoms with Gasteiger partial charge in [0, 0.05) is 18.1 Å². The van der Waals surface area contributed by atoms with Crippen molar-refractivity contribution in [3.8, 4) is 0 Å². The lowest BCUT2D eigenvalue weighted by Crippen LogP contribution is -2.58. The van der Waals surface area contributed by atoms with Gasteiger partial charge in [0.05, 0.1) is 6.54 Å². The van der Waals surface area contributed by atoms with Crippen LogP contribution in [0.4, 0.5) is 0 Å². The molecular formula is C13H25N3O. The number of nitrogens with zero attached hydrogens (tertiary/aromatic N) is 1. The minimum atomic E-state index is -0.179. The maximum atomic E-state index is 11.1. The summed E-state index contributed by atoms with van der Waals surface area (Å²) in [4.78, 5) is 13.5. The molecule has 2 unspecified atom stereocenters. The second kappa shape index (κ2) is 5.83. The maximum Gasteiger partial charge on any atom is 0.231 e. The summed E-state index contributed by atoms with van der Waals surface area (Å²) in [6, 6.07) is 1.79. The van der Waals surface area contributed by atoms with Gasteiger partial charge < -0.3 is 11.1 Å². The van der Waals surface area contributed by atoms with E-state index in [1.165, 1.54) is 38.5 Å². The van der Waals surface area contributed by atoms with Crippen LogP contribution in [0.1, 0.15) is 45.4 Å². The Morgan fingerprint density at radius 1 is 1.35 bits per heavy atom. The smallest absolute Gasteiger partial charge is 0.231 e. The first-order valence-corrected chi connectivity index (χ1v) is 6.98. The van der Waals surface area contributed by atoms with Crippen LogP contribution in [0.25, 0.3) is 0 Å². The molecule has 2 bridgehead atoms. The zero-order valence-electron chi connectivity index (χ0n) is 10.8. The van der Waals surface area contributed by atoms with Crippen LogP contribution in [-0.2, 0) is 4.79 Å². The van der Waals surface area contributed by atoms with Gasteiger partial charge in [-0.3, -0.25) is 9.69 Å². The van der Waals surface area contributed by atoms with Crippen LogP contribution in [0.5, 0.6) is 0 Å². The van der Waals surface area contributed by atoms with E-state index in [4.69, 9.17) is 5.73 Å². The predicted molar refractivity (Wildman–Crippen MR) is 68.6 cm³/mol. The minimum Gasteiger partial charge on any atom is -0.369 e. The van der Waals surface area contributed by atoms with Crippen LogP contribution in [0.2, 0.25) is 0 Å². The summed E-state index contributed by atoms with van der Waals surface area (Å²) in [5.74, 6) is -0.179. The van der Waals surface area contributed by atoms with Gasteiger partial charge in [0.2, 0.25) is 5.91 Å². The molecule has 0 aromatic heterocycles. The summed E-state index contributed by atoms with van der Waals surface area (Å²) >= 11 is 0. The van der Waals surface area contributed by atoms with Gasteiger partial charge in [-0.1, -0.05) is 13.3 Å². The quantitative estimate of drug-likeness (QED) is 0.748. The third-order valence-electron chi connectivity index (χ3n) is 4.15. The summed E-state index contributed by atoms with van der Waals surface area (Å²) in [6.07, 6.45) is 7.33. The molecule has 0 aromatic rings. The number of hydrogen-bond acceptors (Lipinski definition) is 3. The highest BCUT2D eigenvalue weighted by Gasteiger charge is 2.38. The van der Waals surface area contributed by atoms with E-state index < -0.39 is 0 Å². The molecule has 2 atom stereocenters. The van der Waals surface area contributed by atoms with E-state index >= 15 is 0 Å². The second-order valence-electron chi connectivity index (χ2n) is 5.50. The molecule has 2 aliphatic rings. The SMILES string of the molecule is CCCNC1CC2CCCC(C1)N2CC(N)=O. The molecule has 4 nitrogen and oxygen atoms in total. The molecule has 0 spiro atoms. The first-order valence-electron chi connectivity index (χ1n) is 6.98. The van der Waals surface area contributed by atoms with Gasteiger partial charge in [-0.15, -0.1) is 0 Å². The third-order valence-corrected chi connectivity index (χ3v) is 4.15. The number of carbonyl (C=O) groups excluding carboxylic acids is 1. The summed E-state index contributed by atoms with van der Waals surface area (Å²) in [5, 5.41) is 3.63. The molecule has 2 aliphatic heterocycles. The highest BCUT2D eigenvalue weighted by Crippen LogP contribution is 2.33. The first-order chi connectivity index (χ1) is 8.20. The molecule has 2 rings (SSSR count). The lowest BCUT2D eigenvalue weighted by Gasteiger charge is -2.48. The summed E-state index contributed by atoms with van der Waals surface area (Å²) in [7, 11) is 0. The third kappa shape index (κ3) is 3.19. The number of carbonyl (C=O) groups is 1. The van der Waals surface area contributed by atoms with Crippen molar-refractivity contribution in [2.24, 2.45) is 5.73 Å². The van der Waals surface area contributed by atoms with Crippen LogP contribution >= 0.6 is 0 Å². The van der Waals surface area contributed by atoms with E-state index in [-0.39, 0.29) is 5.91 Å². The Bertz CT molecular complexity index is 255. The molecule has 98 valence electrons. The van der Waals surface area contributed by atoms with Crippen molar-refractivity contribution in [3.63, 3.8) is 0 Å². The van der Waals surface area contributed by atoms with Crippen LogP contribution in [0, 0.1) is 0 Å². The largest absolute Gasteiger partial charge is 0.369 e. The normalized spacial score (nSPS) is 33.6. The minimum absolute atomic E-state index is 0.179. The number of primary amides is 1. The molecular weight excluding hydrogens is 214 g/mol. The van der Waals surface area contributed by atoms with Crippen molar-refractivity contribution in [3.05, 3.63) is 0 Å². The number of piperidine rings is 2. The molecule has 4 heteroatoms. The van der Waals surface area contributed by atoms with E-state index in [0.717, 1.165) is 6.54 Å². The van der Waals surface area contributed by atoms with Gasteiger partial charge in [0.25, 0.3) is 0 Å². The lowest BCUT2D eigenvalue weighted by atomic mass is 9.81. The molecule has 17 heavy (non-hydrogen) atoms. The average Bonchev–Trinajstić information content (AvgIpc) is 2.26. The van der Waals surface area contributed by atoms with Crippen molar-refractivity contribution in [2.45, 2.75) is 63.6 Å². The van der Waals surface area contributed by atoms with Gasteiger partial charge in [0.1, 0.15) is 0 Å². The highest BCUT2D eigenvalue weighted by atomic mass is 16.1. The van der Waals surface area contributed by atoms with Crippen LogP contribution < -0.4 is 11.1 Å². The number of fused-ring (bicyclic) bond motifs is 2. The molecule has 0 aromatic carbocycles. The van der Waals surface area contributed by atoms with Crippen molar-refractivity contribution < 1.29 is 4.79 Å². The summed E-state index contributed by atoms with van der Waals surface area (Å²) < 4.78 is 0. The van der Waals surface area contributed by atoms with E-state index in [2.05, 4.69) is 17.1 Å². The Morgan fingerprint density at radius 3 is 2.53 bits per heavy atom. The average molecular weight is 239 g/mol. The molecule has 3 N–H and O–H groups in total. The zero-order valence-corrected chi connectivity index (χ0v) is 10.8. The predicted octanol–water partition coefficient (Wildman–Crippen LogP) is 0.857. The van der Waals surface area contributed by atoms with Gasteiger partial charge in [0.15, 0.2) is 0 Å². The topological polar surface area (TPSA) is 58.4 Å². The van der Waals surface area contributed by atoms with E-state index in [1.54, 1.807) is 0 Å². The Balaban J connectivity index is 1.93. The molecule has 1 amide bonds. The lowest BCUT2D eigenvalue weighted by molar-refractivity contribution is -0.122. The maximum absolute atomic E-state index is 11.1. The molecule has 2 fully saturated rings. The molecule has 0 aliphatic carbocycles. The fourth-order valence-corrected chi connectivity index (χ4v) is 3.43. The Labute approximate surface area is 104 Å². The van der Waals surface area contributed by atoms with E-state index in [1.807, 2.05) is 0 Å². The van der Waals surface area contributed by atoms with Crippen molar-refractivity contribution in [1.82, 2.24) is 10.2 Å². The molecule has 2 saturated heterocycles.